The van der Waals surface area contributed by atoms with Gasteiger partial charge >= 0.3 is 0 Å². The van der Waals surface area contributed by atoms with Crippen molar-refractivity contribution in [2.24, 2.45) is 22.2 Å². The molecule has 0 radical (unpaired) electrons. The second-order valence-corrected chi connectivity index (χ2v) is 6.13. The van der Waals surface area contributed by atoms with Gasteiger partial charge in [-0.2, -0.15) is 0 Å². The summed E-state index contributed by atoms with van der Waals surface area (Å²) >= 11 is 0. The normalized spacial score (nSPS) is 26.3. The average Bonchev–Trinajstić information content (AvgIpc) is 2.38. The molecule has 1 saturated carbocycles. The summed E-state index contributed by atoms with van der Waals surface area (Å²) in [5.41, 5.74) is 5.46. The Balaban J connectivity index is 2.36. The van der Waals surface area contributed by atoms with Crippen molar-refractivity contribution in [3.63, 3.8) is 0 Å². The van der Waals surface area contributed by atoms with Gasteiger partial charge in [-0.05, 0) is 31.7 Å². The standard InChI is InChI=1S/C14H29N3O/c1-4-11-7-5-6-8-12(11)16-10-9-14(2,3)13(15)17-18/h11-12,16,18H,4-10H2,1-3H3,(H2,15,17). The van der Waals surface area contributed by atoms with E-state index in [2.05, 4.69) is 17.4 Å². The van der Waals surface area contributed by atoms with Gasteiger partial charge in [-0.15, -0.1) is 0 Å². The molecule has 1 aliphatic rings. The van der Waals surface area contributed by atoms with E-state index in [4.69, 9.17) is 10.9 Å². The SMILES string of the molecule is CCC1CCCCC1NCCC(C)(C)C(N)=NO. The Morgan fingerprint density at radius 3 is 2.67 bits per heavy atom. The fraction of sp³-hybridized carbons (Fsp3) is 0.929. The minimum absolute atomic E-state index is 0.238. The zero-order valence-electron chi connectivity index (χ0n) is 12.1. The topological polar surface area (TPSA) is 70.6 Å². The Hall–Kier alpha value is -0.770. The van der Waals surface area contributed by atoms with E-state index in [9.17, 15) is 0 Å². The Bertz CT molecular complexity index is 276. The molecule has 0 amide bonds. The Kier molecular flexibility index (Phi) is 5.93. The third kappa shape index (κ3) is 4.16. The van der Waals surface area contributed by atoms with Crippen LogP contribution in [-0.2, 0) is 0 Å². The molecule has 2 unspecified atom stereocenters. The molecule has 1 rings (SSSR count). The zero-order valence-corrected chi connectivity index (χ0v) is 12.1. The number of nitrogens with one attached hydrogen (secondary N) is 1. The van der Waals surface area contributed by atoms with E-state index in [1.54, 1.807) is 0 Å². The number of hydrogen-bond donors (Lipinski definition) is 3. The molecule has 0 spiro atoms. The number of oxime groups is 1. The quantitative estimate of drug-likeness (QED) is 0.296. The maximum atomic E-state index is 8.74. The number of hydrogen-bond acceptors (Lipinski definition) is 3. The summed E-state index contributed by atoms with van der Waals surface area (Å²) in [6.07, 6.45) is 7.54. The molecular weight excluding hydrogens is 226 g/mol. The van der Waals surface area contributed by atoms with Crippen molar-refractivity contribution in [1.82, 2.24) is 5.32 Å². The van der Waals surface area contributed by atoms with E-state index < -0.39 is 0 Å². The van der Waals surface area contributed by atoms with Crippen LogP contribution in [0.5, 0.6) is 0 Å². The Labute approximate surface area is 111 Å². The molecule has 1 aliphatic carbocycles. The van der Waals surface area contributed by atoms with Crippen molar-refractivity contribution in [1.29, 1.82) is 0 Å². The zero-order chi connectivity index (χ0) is 13.6. The lowest BCUT2D eigenvalue weighted by Gasteiger charge is -2.33. The molecule has 0 aliphatic heterocycles. The van der Waals surface area contributed by atoms with Crippen molar-refractivity contribution in [3.8, 4) is 0 Å². The number of nitrogens with zero attached hydrogens (tertiary/aromatic N) is 1. The smallest absolute Gasteiger partial charge is 0.144 e. The van der Waals surface area contributed by atoms with Gasteiger partial charge in [-0.25, -0.2) is 0 Å². The second-order valence-electron chi connectivity index (χ2n) is 6.13. The van der Waals surface area contributed by atoms with Crippen LogP contribution in [0.1, 0.15) is 59.3 Å². The lowest BCUT2D eigenvalue weighted by Crippen LogP contribution is -2.41. The maximum Gasteiger partial charge on any atom is 0.144 e. The van der Waals surface area contributed by atoms with Gasteiger partial charge in [0.2, 0.25) is 0 Å². The van der Waals surface area contributed by atoms with Crippen LogP contribution in [0.15, 0.2) is 5.16 Å². The van der Waals surface area contributed by atoms with Gasteiger partial charge in [0.25, 0.3) is 0 Å². The van der Waals surface area contributed by atoms with Gasteiger partial charge < -0.3 is 16.3 Å². The van der Waals surface area contributed by atoms with E-state index in [0.717, 1.165) is 18.9 Å². The van der Waals surface area contributed by atoms with E-state index in [1.807, 2.05) is 13.8 Å². The first-order valence-corrected chi connectivity index (χ1v) is 7.22. The fourth-order valence-corrected chi connectivity index (χ4v) is 2.80. The summed E-state index contributed by atoms with van der Waals surface area (Å²) in [6.45, 7) is 7.25. The van der Waals surface area contributed by atoms with Crippen LogP contribution in [0, 0.1) is 11.3 Å². The number of rotatable bonds is 6. The Morgan fingerprint density at radius 2 is 2.06 bits per heavy atom. The van der Waals surface area contributed by atoms with Gasteiger partial charge in [-0.3, -0.25) is 0 Å². The molecule has 0 saturated heterocycles. The van der Waals surface area contributed by atoms with Gasteiger partial charge in [0.15, 0.2) is 0 Å². The minimum Gasteiger partial charge on any atom is -0.409 e. The van der Waals surface area contributed by atoms with Crippen LogP contribution in [0.3, 0.4) is 0 Å². The largest absolute Gasteiger partial charge is 0.409 e. The summed E-state index contributed by atoms with van der Waals surface area (Å²) in [4.78, 5) is 0. The average molecular weight is 255 g/mol. The van der Waals surface area contributed by atoms with Gasteiger partial charge in [-0.1, -0.05) is 45.2 Å². The molecule has 1 fully saturated rings. The van der Waals surface area contributed by atoms with Crippen molar-refractivity contribution < 1.29 is 5.21 Å². The third-order valence-corrected chi connectivity index (χ3v) is 4.39. The van der Waals surface area contributed by atoms with E-state index in [1.165, 1.54) is 32.1 Å². The highest BCUT2D eigenvalue weighted by molar-refractivity contribution is 5.85. The lowest BCUT2D eigenvalue weighted by atomic mass is 9.82. The molecule has 106 valence electrons. The first kappa shape index (κ1) is 15.3. The van der Waals surface area contributed by atoms with Crippen LogP contribution in [0.4, 0.5) is 0 Å². The van der Waals surface area contributed by atoms with Gasteiger partial charge in [0.05, 0.1) is 0 Å². The molecule has 18 heavy (non-hydrogen) atoms. The third-order valence-electron chi connectivity index (χ3n) is 4.39. The maximum absolute atomic E-state index is 8.74. The molecular formula is C14H29N3O. The summed E-state index contributed by atoms with van der Waals surface area (Å²) < 4.78 is 0. The summed E-state index contributed by atoms with van der Waals surface area (Å²) in [5, 5.41) is 15.5. The summed E-state index contributed by atoms with van der Waals surface area (Å²) in [6, 6.07) is 0.659. The highest BCUT2D eigenvalue weighted by Gasteiger charge is 2.26. The Morgan fingerprint density at radius 1 is 1.39 bits per heavy atom. The molecule has 4 nitrogen and oxygen atoms in total. The van der Waals surface area contributed by atoms with E-state index in [0.29, 0.717) is 11.9 Å². The van der Waals surface area contributed by atoms with Crippen LogP contribution in [0.25, 0.3) is 0 Å². The van der Waals surface area contributed by atoms with Crippen molar-refractivity contribution in [2.75, 3.05) is 6.54 Å². The molecule has 0 heterocycles. The van der Waals surface area contributed by atoms with Crippen LogP contribution in [-0.4, -0.2) is 23.6 Å². The highest BCUT2D eigenvalue weighted by atomic mass is 16.4. The molecule has 2 atom stereocenters. The van der Waals surface area contributed by atoms with E-state index in [-0.39, 0.29) is 5.41 Å². The highest BCUT2D eigenvalue weighted by Crippen LogP contribution is 2.27. The molecule has 0 aromatic carbocycles. The minimum atomic E-state index is -0.238. The van der Waals surface area contributed by atoms with Crippen molar-refractivity contribution in [3.05, 3.63) is 0 Å². The van der Waals surface area contributed by atoms with Crippen molar-refractivity contribution in [2.45, 2.75) is 65.3 Å². The molecule has 0 bridgehead atoms. The first-order chi connectivity index (χ1) is 8.51. The molecule has 0 aromatic heterocycles. The van der Waals surface area contributed by atoms with E-state index >= 15 is 0 Å². The van der Waals surface area contributed by atoms with Gasteiger partial charge in [0, 0.05) is 11.5 Å². The summed E-state index contributed by atoms with van der Waals surface area (Å²) in [5.74, 6) is 1.14. The molecule has 4 N–H and O–H groups in total. The predicted molar refractivity (Wildman–Crippen MR) is 75.8 cm³/mol. The van der Waals surface area contributed by atoms with Crippen molar-refractivity contribution >= 4 is 5.84 Å². The van der Waals surface area contributed by atoms with Gasteiger partial charge in [0.1, 0.15) is 5.84 Å². The second kappa shape index (κ2) is 6.98. The van der Waals surface area contributed by atoms with Crippen LogP contribution in [0.2, 0.25) is 0 Å². The first-order valence-electron chi connectivity index (χ1n) is 7.22. The number of amidine groups is 1. The summed E-state index contributed by atoms with van der Waals surface area (Å²) in [7, 11) is 0. The monoisotopic (exact) mass is 255 g/mol. The van der Waals surface area contributed by atoms with Crippen LogP contribution < -0.4 is 11.1 Å². The predicted octanol–water partition coefficient (Wildman–Crippen LogP) is 2.71. The fourth-order valence-electron chi connectivity index (χ4n) is 2.80. The molecule has 4 heteroatoms. The lowest BCUT2D eigenvalue weighted by molar-refractivity contribution is 0.248. The number of nitrogens with two attached hydrogens (primary N) is 1. The molecule has 0 aromatic rings. The van der Waals surface area contributed by atoms with Crippen LogP contribution >= 0.6 is 0 Å².